The number of nitrogens with one attached hydrogen (secondary N) is 1. The second kappa shape index (κ2) is 7.68. The van der Waals surface area contributed by atoms with Crippen molar-refractivity contribution < 1.29 is 4.74 Å². The third-order valence-corrected chi connectivity index (χ3v) is 5.82. The van der Waals surface area contributed by atoms with Crippen LogP contribution < -0.4 is 10.1 Å². The summed E-state index contributed by atoms with van der Waals surface area (Å²) in [6, 6.07) is 14.3. The Labute approximate surface area is 150 Å². The largest absolute Gasteiger partial charge is 0.497 e. The highest BCUT2D eigenvalue weighted by atomic mass is 32.2. The van der Waals surface area contributed by atoms with E-state index in [9.17, 15) is 0 Å². The molecule has 1 N–H and O–H groups in total. The molecule has 0 radical (unpaired) electrons. The molecule has 0 amide bonds. The molecular formula is C18H19N3OS2. The first-order chi connectivity index (χ1) is 11.7. The summed E-state index contributed by atoms with van der Waals surface area (Å²) >= 11 is 3.26. The maximum atomic E-state index is 5.17. The van der Waals surface area contributed by atoms with Crippen molar-refractivity contribution in [3.63, 3.8) is 0 Å². The van der Waals surface area contributed by atoms with Gasteiger partial charge < -0.3 is 10.1 Å². The van der Waals surface area contributed by atoms with E-state index in [-0.39, 0.29) is 0 Å². The molecule has 6 heteroatoms. The molecule has 2 aromatic carbocycles. The first kappa shape index (κ1) is 16.8. The Kier molecular flexibility index (Phi) is 5.37. The molecule has 0 saturated heterocycles. The summed E-state index contributed by atoms with van der Waals surface area (Å²) in [6.07, 6.45) is 0. The minimum Gasteiger partial charge on any atom is -0.497 e. The molecule has 4 nitrogen and oxygen atoms in total. The SMILES string of the molecule is COc1ccc(CSc2nnc(Nc3cccc(C)c3C)s2)cc1. The van der Waals surface area contributed by atoms with E-state index in [1.54, 1.807) is 30.2 Å². The van der Waals surface area contributed by atoms with Crippen LogP contribution in [0.15, 0.2) is 46.8 Å². The van der Waals surface area contributed by atoms with Crippen molar-refractivity contribution in [3.05, 3.63) is 59.2 Å². The van der Waals surface area contributed by atoms with Gasteiger partial charge in [0.1, 0.15) is 5.75 Å². The fourth-order valence-corrected chi connectivity index (χ4v) is 3.91. The number of hydrogen-bond acceptors (Lipinski definition) is 6. The molecular weight excluding hydrogens is 338 g/mol. The zero-order valence-electron chi connectivity index (χ0n) is 13.9. The van der Waals surface area contributed by atoms with Gasteiger partial charge in [-0.15, -0.1) is 10.2 Å². The lowest BCUT2D eigenvalue weighted by Gasteiger charge is -2.08. The quantitative estimate of drug-likeness (QED) is 0.614. The van der Waals surface area contributed by atoms with Crippen molar-refractivity contribution in [2.24, 2.45) is 0 Å². The van der Waals surface area contributed by atoms with Crippen molar-refractivity contribution in [1.29, 1.82) is 0 Å². The van der Waals surface area contributed by atoms with Crippen LogP contribution >= 0.6 is 23.1 Å². The minimum absolute atomic E-state index is 0.820. The minimum atomic E-state index is 0.820. The molecule has 24 heavy (non-hydrogen) atoms. The van der Waals surface area contributed by atoms with Gasteiger partial charge in [0, 0.05) is 11.4 Å². The molecule has 1 heterocycles. The molecule has 0 bridgehead atoms. The number of thioether (sulfide) groups is 1. The number of ether oxygens (including phenoxy) is 1. The molecule has 0 aliphatic heterocycles. The van der Waals surface area contributed by atoms with E-state index in [4.69, 9.17) is 4.74 Å². The second-order valence-corrected chi connectivity index (χ2v) is 7.58. The van der Waals surface area contributed by atoms with Crippen LogP contribution in [0.4, 0.5) is 10.8 Å². The summed E-state index contributed by atoms with van der Waals surface area (Å²) < 4.78 is 6.13. The topological polar surface area (TPSA) is 47.0 Å². The third kappa shape index (κ3) is 4.07. The van der Waals surface area contributed by atoms with Gasteiger partial charge in [-0.3, -0.25) is 0 Å². The Hall–Kier alpha value is -2.05. The van der Waals surface area contributed by atoms with E-state index in [1.807, 2.05) is 18.2 Å². The lowest BCUT2D eigenvalue weighted by Crippen LogP contribution is -1.94. The molecule has 0 spiro atoms. The predicted molar refractivity (Wildman–Crippen MR) is 102 cm³/mol. The number of hydrogen-bond donors (Lipinski definition) is 1. The number of aryl methyl sites for hydroxylation is 1. The van der Waals surface area contributed by atoms with Crippen LogP contribution in [0.25, 0.3) is 0 Å². The van der Waals surface area contributed by atoms with Gasteiger partial charge in [0.05, 0.1) is 7.11 Å². The first-order valence-electron chi connectivity index (χ1n) is 7.58. The van der Waals surface area contributed by atoms with Crippen LogP contribution in [0.1, 0.15) is 16.7 Å². The van der Waals surface area contributed by atoms with Crippen LogP contribution in [0.3, 0.4) is 0 Å². The molecule has 0 saturated carbocycles. The van der Waals surface area contributed by atoms with E-state index >= 15 is 0 Å². The van der Waals surface area contributed by atoms with Crippen LogP contribution in [-0.4, -0.2) is 17.3 Å². The maximum Gasteiger partial charge on any atom is 0.210 e. The third-order valence-electron chi connectivity index (χ3n) is 3.77. The normalized spacial score (nSPS) is 10.6. The molecule has 3 aromatic rings. The van der Waals surface area contributed by atoms with Gasteiger partial charge >= 0.3 is 0 Å². The second-order valence-electron chi connectivity index (χ2n) is 5.38. The van der Waals surface area contributed by atoms with Gasteiger partial charge in [-0.25, -0.2) is 0 Å². The van der Waals surface area contributed by atoms with Gasteiger partial charge in [0.2, 0.25) is 5.13 Å². The predicted octanol–water partition coefficient (Wildman–Crippen LogP) is 5.20. The molecule has 1 aromatic heterocycles. The van der Waals surface area contributed by atoms with Crippen LogP contribution in [0.2, 0.25) is 0 Å². The molecule has 0 fully saturated rings. The van der Waals surface area contributed by atoms with Crippen LogP contribution in [0, 0.1) is 13.8 Å². The zero-order chi connectivity index (χ0) is 16.9. The maximum absolute atomic E-state index is 5.17. The van der Waals surface area contributed by atoms with E-state index in [1.165, 1.54) is 16.7 Å². The summed E-state index contributed by atoms with van der Waals surface area (Å²) in [5.74, 6) is 1.74. The zero-order valence-corrected chi connectivity index (χ0v) is 15.5. The number of methoxy groups -OCH3 is 1. The van der Waals surface area contributed by atoms with Gasteiger partial charge in [0.15, 0.2) is 4.34 Å². The van der Waals surface area contributed by atoms with Crippen molar-refractivity contribution >= 4 is 33.9 Å². The van der Waals surface area contributed by atoms with Crippen molar-refractivity contribution in [1.82, 2.24) is 10.2 Å². The fourth-order valence-electron chi connectivity index (χ4n) is 2.19. The molecule has 3 rings (SSSR count). The number of benzene rings is 2. The number of rotatable bonds is 6. The highest BCUT2D eigenvalue weighted by Gasteiger charge is 2.08. The molecule has 124 valence electrons. The van der Waals surface area contributed by atoms with E-state index in [0.717, 1.165) is 26.7 Å². The van der Waals surface area contributed by atoms with Gasteiger partial charge in [-0.05, 0) is 48.7 Å². The smallest absolute Gasteiger partial charge is 0.210 e. The standard InChI is InChI=1S/C18H19N3OS2/c1-12-5-4-6-16(13(12)2)19-17-20-21-18(24-17)23-11-14-7-9-15(22-3)10-8-14/h4-10H,11H2,1-3H3,(H,19,20). The Bertz CT molecular complexity index is 815. The molecule has 0 aliphatic carbocycles. The lowest BCUT2D eigenvalue weighted by molar-refractivity contribution is 0.414. The summed E-state index contributed by atoms with van der Waals surface area (Å²) in [5, 5.41) is 12.7. The van der Waals surface area contributed by atoms with E-state index in [2.05, 4.69) is 53.6 Å². The Morgan fingerprint density at radius 1 is 1.08 bits per heavy atom. The monoisotopic (exact) mass is 357 g/mol. The summed E-state index contributed by atoms with van der Waals surface area (Å²) in [6.45, 7) is 4.22. The summed E-state index contributed by atoms with van der Waals surface area (Å²) in [7, 11) is 1.68. The van der Waals surface area contributed by atoms with Crippen LogP contribution in [-0.2, 0) is 5.75 Å². The average Bonchev–Trinajstić information content (AvgIpc) is 3.05. The number of anilines is 2. The van der Waals surface area contributed by atoms with Crippen molar-refractivity contribution in [2.45, 2.75) is 23.9 Å². The highest BCUT2D eigenvalue weighted by Crippen LogP contribution is 2.31. The van der Waals surface area contributed by atoms with Crippen molar-refractivity contribution in [2.75, 3.05) is 12.4 Å². The van der Waals surface area contributed by atoms with Gasteiger partial charge in [-0.1, -0.05) is 47.4 Å². The Morgan fingerprint density at radius 2 is 1.88 bits per heavy atom. The average molecular weight is 358 g/mol. The molecule has 0 aliphatic rings. The summed E-state index contributed by atoms with van der Waals surface area (Å²) in [5.41, 5.74) is 4.82. The van der Waals surface area contributed by atoms with Gasteiger partial charge in [-0.2, -0.15) is 0 Å². The van der Waals surface area contributed by atoms with Gasteiger partial charge in [0.25, 0.3) is 0 Å². The lowest BCUT2D eigenvalue weighted by atomic mass is 10.1. The van der Waals surface area contributed by atoms with Crippen LogP contribution in [0.5, 0.6) is 5.75 Å². The Morgan fingerprint density at radius 3 is 2.62 bits per heavy atom. The molecule has 0 unspecified atom stereocenters. The fraction of sp³-hybridized carbons (Fsp3) is 0.222. The first-order valence-corrected chi connectivity index (χ1v) is 9.38. The van der Waals surface area contributed by atoms with E-state index < -0.39 is 0 Å². The van der Waals surface area contributed by atoms with E-state index in [0.29, 0.717) is 0 Å². The highest BCUT2D eigenvalue weighted by molar-refractivity contribution is 8.00. The molecule has 0 atom stereocenters. The van der Waals surface area contributed by atoms with Crippen molar-refractivity contribution in [3.8, 4) is 5.75 Å². The number of aromatic nitrogens is 2. The summed E-state index contributed by atoms with van der Waals surface area (Å²) in [4.78, 5) is 0. The number of nitrogens with zero attached hydrogens (tertiary/aromatic N) is 2. The Balaban J connectivity index is 1.61.